The predicted molar refractivity (Wildman–Crippen MR) is 146 cm³/mol. The zero-order chi connectivity index (χ0) is 27.6. The molecule has 6 heteroatoms. The highest BCUT2D eigenvalue weighted by Gasteiger charge is 2.43. The van der Waals surface area contributed by atoms with Gasteiger partial charge in [0.2, 0.25) is 0 Å². The largest absolute Gasteiger partial charge is 0.457 e. The van der Waals surface area contributed by atoms with Gasteiger partial charge >= 0.3 is 5.97 Å². The number of aliphatic hydroxyl groups excluding tert-OH is 2. The summed E-state index contributed by atoms with van der Waals surface area (Å²) in [5, 5.41) is 22.1. The Kier molecular flexibility index (Phi) is 11.7. The zero-order valence-electron chi connectivity index (χ0n) is 22.9. The molecule has 0 unspecified atom stereocenters. The van der Waals surface area contributed by atoms with Crippen molar-refractivity contribution in [3.8, 4) is 12.3 Å². The summed E-state index contributed by atoms with van der Waals surface area (Å²) >= 11 is 0. The minimum absolute atomic E-state index is 0.110. The molecule has 0 spiro atoms. The van der Waals surface area contributed by atoms with Gasteiger partial charge in [-0.25, -0.2) is 0 Å². The van der Waals surface area contributed by atoms with Gasteiger partial charge in [0.25, 0.3) is 0 Å². The molecule has 0 fully saturated rings. The fourth-order valence-electron chi connectivity index (χ4n) is 4.75. The van der Waals surface area contributed by atoms with Gasteiger partial charge in [-0.15, -0.1) is 12.3 Å². The number of esters is 1. The van der Waals surface area contributed by atoms with Gasteiger partial charge in [-0.05, 0) is 69.2 Å². The normalized spacial score (nSPS) is 30.1. The average Bonchev–Trinajstić information content (AvgIpc) is 2.86. The minimum atomic E-state index is -1.27. The molecule has 1 aromatic rings. The van der Waals surface area contributed by atoms with E-state index in [1.54, 1.807) is 20.0 Å². The van der Waals surface area contributed by atoms with Gasteiger partial charge in [0.1, 0.15) is 11.9 Å². The van der Waals surface area contributed by atoms with Crippen LogP contribution in [0.1, 0.15) is 85.3 Å². The zero-order valence-corrected chi connectivity index (χ0v) is 22.9. The van der Waals surface area contributed by atoms with Crippen LogP contribution in [0.5, 0.6) is 0 Å². The molecule has 1 aliphatic rings. The van der Waals surface area contributed by atoms with E-state index in [0.29, 0.717) is 19.3 Å². The van der Waals surface area contributed by atoms with E-state index in [4.69, 9.17) is 11.2 Å². The molecule has 0 radical (unpaired) electrons. The number of carbonyl (C=O) groups is 2. The van der Waals surface area contributed by atoms with E-state index in [9.17, 15) is 19.8 Å². The first-order chi connectivity index (χ1) is 17.5. The van der Waals surface area contributed by atoms with Crippen molar-refractivity contribution in [3.05, 3.63) is 47.3 Å². The Labute approximate surface area is 222 Å². The lowest BCUT2D eigenvalue weighted by atomic mass is 9.71. The number of hydrogen-bond donors (Lipinski definition) is 2. The third-order valence-electron chi connectivity index (χ3n) is 7.52. The maximum atomic E-state index is 13.6. The summed E-state index contributed by atoms with van der Waals surface area (Å²) in [6.07, 6.45) is 11.8. The number of cyclic esters (lactones) is 1. The molecule has 0 amide bonds. The number of hydrogen-bond acceptors (Lipinski definition) is 6. The number of pyridine rings is 1. The molecule has 0 saturated heterocycles. The second-order valence-corrected chi connectivity index (χ2v) is 10.9. The van der Waals surface area contributed by atoms with Crippen LogP contribution in [0.25, 0.3) is 6.08 Å². The van der Waals surface area contributed by atoms with E-state index < -0.39 is 35.6 Å². The Balaban J connectivity index is 2.38. The van der Waals surface area contributed by atoms with Crippen molar-refractivity contribution >= 4 is 17.8 Å². The highest BCUT2D eigenvalue weighted by molar-refractivity contribution is 5.88. The Morgan fingerprint density at radius 3 is 2.68 bits per heavy atom. The summed E-state index contributed by atoms with van der Waals surface area (Å²) in [6, 6.07) is 5.62. The maximum absolute atomic E-state index is 13.6. The first-order valence-corrected chi connectivity index (χ1v) is 13.3. The molecule has 202 valence electrons. The van der Waals surface area contributed by atoms with Crippen molar-refractivity contribution in [2.45, 2.75) is 97.9 Å². The summed E-state index contributed by atoms with van der Waals surface area (Å²) in [7, 11) is 0. The first kappa shape index (κ1) is 30.5. The molecular weight excluding hydrogens is 466 g/mol. The molecule has 6 nitrogen and oxygen atoms in total. The van der Waals surface area contributed by atoms with E-state index in [2.05, 4.69) is 17.0 Å². The lowest BCUT2D eigenvalue weighted by Gasteiger charge is -2.36. The van der Waals surface area contributed by atoms with Crippen LogP contribution in [0.4, 0.5) is 0 Å². The number of Topliss-reactive ketones (excluding diaryl/α,β-unsaturated/α-hetero) is 1. The van der Waals surface area contributed by atoms with Crippen LogP contribution in [0.3, 0.4) is 0 Å². The molecule has 37 heavy (non-hydrogen) atoms. The average molecular weight is 510 g/mol. The fourth-order valence-corrected chi connectivity index (χ4v) is 4.75. The molecule has 2 rings (SSSR count). The second-order valence-electron chi connectivity index (χ2n) is 10.9. The number of carbonyl (C=O) groups excluding carboxylic acids is 2. The van der Waals surface area contributed by atoms with Crippen LogP contribution in [-0.4, -0.2) is 45.3 Å². The van der Waals surface area contributed by atoms with Gasteiger partial charge in [-0.1, -0.05) is 38.5 Å². The molecule has 1 aromatic heterocycles. The number of ether oxygens (including phenoxy) is 1. The molecule has 0 saturated carbocycles. The van der Waals surface area contributed by atoms with Crippen molar-refractivity contribution < 1.29 is 24.5 Å². The standard InChI is InChI=1S/C31H43NO5/c1-7-8-15-25-29(35)22(3)13-11-12-21(2)16-17-26(23(4)19-24-14-9-10-18-32-24)37-28(34)20-27(33)31(5,6)30(25)36/h1,9-10,14,16,18-19,22,25-27,29,33,35H,8,11-13,15,17,20H2,2-6H3/b21-16-,23-19+/t22-,25+,26-,27-,29-/m0/s1. The lowest BCUT2D eigenvalue weighted by molar-refractivity contribution is -0.154. The third kappa shape index (κ3) is 8.94. The molecule has 1 aliphatic heterocycles. The van der Waals surface area contributed by atoms with Crippen molar-refractivity contribution in [2.75, 3.05) is 0 Å². The topological polar surface area (TPSA) is 96.7 Å². The summed E-state index contributed by atoms with van der Waals surface area (Å²) < 4.78 is 5.84. The first-order valence-electron chi connectivity index (χ1n) is 13.3. The van der Waals surface area contributed by atoms with Gasteiger partial charge in [0.05, 0.1) is 29.7 Å². The number of allylic oxidation sites excluding steroid dienone is 1. The van der Waals surface area contributed by atoms with E-state index >= 15 is 0 Å². The number of nitrogens with zero attached hydrogens (tertiary/aromatic N) is 1. The van der Waals surface area contributed by atoms with Crippen LogP contribution in [0, 0.1) is 29.6 Å². The molecule has 0 bridgehead atoms. The van der Waals surface area contributed by atoms with Crippen LogP contribution < -0.4 is 0 Å². The van der Waals surface area contributed by atoms with E-state index in [1.807, 2.05) is 45.0 Å². The number of aromatic nitrogens is 1. The molecule has 5 atom stereocenters. The third-order valence-corrected chi connectivity index (χ3v) is 7.52. The van der Waals surface area contributed by atoms with Crippen LogP contribution in [0.2, 0.25) is 0 Å². The van der Waals surface area contributed by atoms with Crippen molar-refractivity contribution in [3.63, 3.8) is 0 Å². The van der Waals surface area contributed by atoms with E-state index in [-0.39, 0.29) is 18.1 Å². The maximum Gasteiger partial charge on any atom is 0.309 e. The summed E-state index contributed by atoms with van der Waals surface area (Å²) in [5.41, 5.74) is 1.51. The van der Waals surface area contributed by atoms with Gasteiger partial charge in [-0.3, -0.25) is 14.6 Å². The number of ketones is 1. The number of terminal acetylenes is 1. The van der Waals surface area contributed by atoms with E-state index in [0.717, 1.165) is 30.5 Å². The van der Waals surface area contributed by atoms with Crippen LogP contribution in [0.15, 0.2) is 41.6 Å². The van der Waals surface area contributed by atoms with Crippen LogP contribution >= 0.6 is 0 Å². The predicted octanol–water partition coefficient (Wildman–Crippen LogP) is 5.29. The quantitative estimate of drug-likeness (QED) is 0.325. The monoisotopic (exact) mass is 509 g/mol. The minimum Gasteiger partial charge on any atom is -0.457 e. The smallest absolute Gasteiger partial charge is 0.309 e. The summed E-state index contributed by atoms with van der Waals surface area (Å²) in [4.78, 5) is 30.9. The Bertz CT molecular complexity index is 1000. The van der Waals surface area contributed by atoms with Crippen LogP contribution in [-0.2, 0) is 14.3 Å². The highest BCUT2D eigenvalue weighted by Crippen LogP contribution is 2.34. The van der Waals surface area contributed by atoms with Gasteiger partial charge in [-0.2, -0.15) is 0 Å². The fraction of sp³-hybridized carbons (Fsp3) is 0.581. The highest BCUT2D eigenvalue weighted by atomic mass is 16.5. The van der Waals surface area contributed by atoms with Crippen molar-refractivity contribution in [2.24, 2.45) is 17.3 Å². The summed E-state index contributed by atoms with van der Waals surface area (Å²) in [5.74, 6) is 0.865. The van der Waals surface area contributed by atoms with Gasteiger partial charge in [0.15, 0.2) is 0 Å². The Hall–Kier alpha value is -2.75. The van der Waals surface area contributed by atoms with Gasteiger partial charge in [0, 0.05) is 25.0 Å². The number of rotatable bonds is 4. The second kappa shape index (κ2) is 14.3. The molecule has 2 heterocycles. The SMILES string of the molecule is C#CCC[C@H]1C(=O)C(C)(C)[C@@H](O)CC(=O)O[C@H](/C(C)=C/c2ccccn2)C/C=C(/C)CCC[C@H](C)[C@@H]1O. The lowest BCUT2D eigenvalue weighted by Crippen LogP contribution is -2.46. The summed E-state index contributed by atoms with van der Waals surface area (Å²) in [6.45, 7) is 9.13. The number of aliphatic hydroxyl groups is 2. The van der Waals surface area contributed by atoms with E-state index in [1.165, 1.54) is 5.57 Å². The molecular formula is C31H43NO5. The van der Waals surface area contributed by atoms with Gasteiger partial charge < -0.3 is 14.9 Å². The van der Waals surface area contributed by atoms with Crippen molar-refractivity contribution in [1.82, 2.24) is 4.98 Å². The Morgan fingerprint density at radius 2 is 2.03 bits per heavy atom. The molecule has 0 aliphatic carbocycles. The van der Waals surface area contributed by atoms with Crippen molar-refractivity contribution in [1.29, 1.82) is 0 Å². The molecule has 2 N–H and O–H groups in total. The Morgan fingerprint density at radius 1 is 1.30 bits per heavy atom. The molecule has 0 aromatic carbocycles.